The number of hydrogen-bond acceptors (Lipinski definition) is 0. The zero-order valence-corrected chi connectivity index (χ0v) is 10.9. The Morgan fingerprint density at radius 3 is 2.14 bits per heavy atom. The van der Waals surface area contributed by atoms with Crippen molar-refractivity contribution < 1.29 is 0 Å². The van der Waals surface area contributed by atoms with Gasteiger partial charge in [0.15, 0.2) is 0 Å². The van der Waals surface area contributed by atoms with Crippen molar-refractivity contribution in [2.45, 2.75) is 39.8 Å². The molecule has 1 unspecified atom stereocenters. The lowest BCUT2D eigenvalue weighted by atomic mass is 10.2. The molecule has 1 heteroatoms. The molecule has 0 bridgehead atoms. The van der Waals surface area contributed by atoms with Gasteiger partial charge in [-0.1, -0.05) is 59.9 Å². The minimum Gasteiger partial charge on any atom is -0.0698 e. The summed E-state index contributed by atoms with van der Waals surface area (Å²) < 4.78 is 0. The van der Waals surface area contributed by atoms with Crippen LogP contribution in [0, 0.1) is 6.92 Å². The SMILES string of the molecule is CCP(c1ccccc1C)C(C)(C)C. The highest BCUT2D eigenvalue weighted by Crippen LogP contribution is 2.48. The van der Waals surface area contributed by atoms with Crippen LogP contribution in [-0.2, 0) is 0 Å². The van der Waals surface area contributed by atoms with Crippen molar-refractivity contribution in [2.75, 3.05) is 6.16 Å². The van der Waals surface area contributed by atoms with E-state index in [4.69, 9.17) is 0 Å². The third-order valence-corrected chi connectivity index (χ3v) is 5.87. The van der Waals surface area contributed by atoms with Crippen LogP contribution in [0.5, 0.6) is 0 Å². The zero-order valence-electron chi connectivity index (χ0n) is 9.96. The van der Waals surface area contributed by atoms with E-state index >= 15 is 0 Å². The van der Waals surface area contributed by atoms with Crippen molar-refractivity contribution in [3.8, 4) is 0 Å². The maximum Gasteiger partial charge on any atom is -0.0139 e. The van der Waals surface area contributed by atoms with Crippen molar-refractivity contribution in [2.24, 2.45) is 0 Å². The van der Waals surface area contributed by atoms with E-state index in [0.29, 0.717) is 5.16 Å². The second-order valence-corrected chi connectivity index (χ2v) is 8.01. The van der Waals surface area contributed by atoms with Crippen molar-refractivity contribution >= 4 is 13.2 Å². The quantitative estimate of drug-likeness (QED) is 0.646. The van der Waals surface area contributed by atoms with Crippen LogP contribution in [0.3, 0.4) is 0 Å². The summed E-state index contributed by atoms with van der Waals surface area (Å²) in [6.07, 6.45) is 1.28. The number of aryl methyl sites for hydroxylation is 1. The highest BCUT2D eigenvalue weighted by Gasteiger charge is 2.24. The molecule has 0 aromatic heterocycles. The van der Waals surface area contributed by atoms with E-state index in [0.717, 1.165) is 0 Å². The van der Waals surface area contributed by atoms with Gasteiger partial charge in [-0.25, -0.2) is 0 Å². The fraction of sp³-hybridized carbons (Fsp3) is 0.538. The zero-order chi connectivity index (χ0) is 10.8. The monoisotopic (exact) mass is 208 g/mol. The summed E-state index contributed by atoms with van der Waals surface area (Å²) >= 11 is 0. The summed E-state index contributed by atoms with van der Waals surface area (Å²) in [4.78, 5) is 0. The van der Waals surface area contributed by atoms with Gasteiger partial charge in [0.2, 0.25) is 0 Å². The summed E-state index contributed by atoms with van der Waals surface area (Å²) in [6, 6.07) is 8.82. The van der Waals surface area contributed by atoms with Crippen LogP contribution in [-0.4, -0.2) is 11.3 Å². The maximum absolute atomic E-state index is 2.36. The summed E-state index contributed by atoms with van der Waals surface area (Å²) in [6.45, 7) is 11.6. The minimum atomic E-state index is -0.0154. The van der Waals surface area contributed by atoms with Gasteiger partial charge in [0.25, 0.3) is 0 Å². The molecule has 14 heavy (non-hydrogen) atoms. The van der Waals surface area contributed by atoms with E-state index in [2.05, 4.69) is 58.9 Å². The molecule has 0 aliphatic carbocycles. The van der Waals surface area contributed by atoms with E-state index in [1.54, 1.807) is 5.30 Å². The molecule has 1 atom stereocenters. The third-order valence-electron chi connectivity index (χ3n) is 2.53. The van der Waals surface area contributed by atoms with Gasteiger partial charge in [0.05, 0.1) is 0 Å². The predicted octanol–water partition coefficient (Wildman–Crippen LogP) is 3.92. The lowest BCUT2D eigenvalue weighted by Gasteiger charge is -2.32. The highest BCUT2D eigenvalue weighted by atomic mass is 31.1. The lowest BCUT2D eigenvalue weighted by molar-refractivity contribution is 0.787. The van der Waals surface area contributed by atoms with Gasteiger partial charge in [-0.3, -0.25) is 0 Å². The summed E-state index contributed by atoms with van der Waals surface area (Å²) in [5.74, 6) is 0. The smallest absolute Gasteiger partial charge is 0.0139 e. The van der Waals surface area contributed by atoms with Crippen LogP contribution in [0.1, 0.15) is 33.3 Å². The van der Waals surface area contributed by atoms with Crippen molar-refractivity contribution in [1.29, 1.82) is 0 Å². The molecule has 1 rings (SSSR count). The standard InChI is InChI=1S/C13H21P/c1-6-14(13(3,4)5)12-10-8-7-9-11(12)2/h7-10H,6H2,1-5H3. The Kier molecular flexibility index (Phi) is 3.72. The van der Waals surface area contributed by atoms with Crippen LogP contribution in [0.15, 0.2) is 24.3 Å². The molecule has 0 saturated carbocycles. The Morgan fingerprint density at radius 2 is 1.71 bits per heavy atom. The molecule has 0 heterocycles. The predicted molar refractivity (Wildman–Crippen MR) is 68.0 cm³/mol. The summed E-state index contributed by atoms with van der Waals surface area (Å²) in [5.41, 5.74) is 1.45. The fourth-order valence-corrected chi connectivity index (χ4v) is 4.65. The second kappa shape index (κ2) is 4.45. The van der Waals surface area contributed by atoms with E-state index in [-0.39, 0.29) is 7.92 Å². The Bertz CT molecular complexity index is 296. The Morgan fingerprint density at radius 1 is 1.14 bits per heavy atom. The molecule has 0 radical (unpaired) electrons. The molecule has 0 fully saturated rings. The van der Waals surface area contributed by atoms with E-state index in [1.165, 1.54) is 11.7 Å². The van der Waals surface area contributed by atoms with Crippen LogP contribution >= 0.6 is 7.92 Å². The largest absolute Gasteiger partial charge is 0.0698 e. The van der Waals surface area contributed by atoms with Gasteiger partial charge >= 0.3 is 0 Å². The summed E-state index contributed by atoms with van der Waals surface area (Å²) in [5, 5.41) is 2.01. The molecule has 0 saturated heterocycles. The minimum absolute atomic E-state index is 0.0154. The molecular formula is C13H21P. The first-order chi connectivity index (χ1) is 6.46. The van der Waals surface area contributed by atoms with E-state index < -0.39 is 0 Å². The normalized spacial score (nSPS) is 14.1. The number of hydrogen-bond donors (Lipinski definition) is 0. The molecule has 0 N–H and O–H groups in total. The third kappa shape index (κ3) is 2.58. The number of benzene rings is 1. The first-order valence-electron chi connectivity index (χ1n) is 5.30. The van der Waals surface area contributed by atoms with Gasteiger partial charge in [-0.15, -0.1) is 0 Å². The van der Waals surface area contributed by atoms with Crippen LogP contribution in [0.2, 0.25) is 0 Å². The van der Waals surface area contributed by atoms with Gasteiger partial charge in [-0.2, -0.15) is 0 Å². The average molecular weight is 208 g/mol. The molecule has 78 valence electrons. The fourth-order valence-electron chi connectivity index (χ4n) is 1.87. The second-order valence-electron chi connectivity index (χ2n) is 4.70. The van der Waals surface area contributed by atoms with E-state index in [1.807, 2.05) is 0 Å². The first-order valence-corrected chi connectivity index (χ1v) is 6.82. The molecule has 1 aromatic carbocycles. The van der Waals surface area contributed by atoms with Crippen LogP contribution in [0.25, 0.3) is 0 Å². The topological polar surface area (TPSA) is 0 Å². The van der Waals surface area contributed by atoms with Gasteiger partial charge in [-0.05, 0) is 29.1 Å². The first kappa shape index (κ1) is 11.7. The summed E-state index contributed by atoms with van der Waals surface area (Å²) in [7, 11) is -0.0154. The van der Waals surface area contributed by atoms with Gasteiger partial charge < -0.3 is 0 Å². The highest BCUT2D eigenvalue weighted by molar-refractivity contribution is 7.67. The Labute approximate surface area is 89.5 Å². The van der Waals surface area contributed by atoms with Gasteiger partial charge in [0.1, 0.15) is 0 Å². The number of rotatable bonds is 2. The maximum atomic E-state index is 2.36. The molecule has 0 amide bonds. The molecular weight excluding hydrogens is 187 g/mol. The molecule has 0 aliphatic heterocycles. The molecule has 0 nitrogen and oxygen atoms in total. The molecule has 0 spiro atoms. The molecule has 1 aromatic rings. The Hall–Kier alpha value is -0.350. The van der Waals surface area contributed by atoms with E-state index in [9.17, 15) is 0 Å². The average Bonchev–Trinajstić information content (AvgIpc) is 2.07. The van der Waals surface area contributed by atoms with Crippen molar-refractivity contribution in [3.63, 3.8) is 0 Å². The van der Waals surface area contributed by atoms with Crippen LogP contribution < -0.4 is 5.30 Å². The van der Waals surface area contributed by atoms with Crippen LogP contribution in [0.4, 0.5) is 0 Å². The lowest BCUT2D eigenvalue weighted by Crippen LogP contribution is -2.22. The van der Waals surface area contributed by atoms with Gasteiger partial charge in [0, 0.05) is 0 Å². The van der Waals surface area contributed by atoms with Crippen molar-refractivity contribution in [3.05, 3.63) is 29.8 Å². The molecule has 0 aliphatic rings. The Balaban J connectivity index is 3.08. The van der Waals surface area contributed by atoms with Crippen molar-refractivity contribution in [1.82, 2.24) is 0 Å².